The highest BCUT2D eigenvalue weighted by Gasteiger charge is 2.25. The van der Waals surface area contributed by atoms with Crippen LogP contribution in [0.5, 0.6) is 5.75 Å². The van der Waals surface area contributed by atoms with Crippen molar-refractivity contribution >= 4 is 15.9 Å². The molecule has 1 aliphatic rings. The number of nitrogens with one attached hydrogen (secondary N) is 1. The van der Waals surface area contributed by atoms with Crippen LogP contribution in [0.2, 0.25) is 0 Å². The molecule has 3 aromatic rings. The maximum Gasteiger partial charge on any atom is 0.273 e. The fourth-order valence-corrected chi connectivity index (χ4v) is 5.18. The molecule has 0 radical (unpaired) electrons. The quantitative estimate of drug-likeness (QED) is 0.585. The van der Waals surface area contributed by atoms with Crippen molar-refractivity contribution < 1.29 is 22.5 Å². The van der Waals surface area contributed by atoms with Gasteiger partial charge in [0.05, 0.1) is 17.6 Å². The predicted molar refractivity (Wildman–Crippen MR) is 119 cm³/mol. The van der Waals surface area contributed by atoms with Crippen LogP contribution >= 0.6 is 0 Å². The van der Waals surface area contributed by atoms with Gasteiger partial charge in [-0.05, 0) is 42.7 Å². The number of carbonyl (C=O) groups excluding carboxylic acids is 1. The standard InChI is InChI=1S/C23H25N3O5S/c1-30-21-8-4-3-7-19(21)22-15-20(25-31-22)23(27)24-16-17-9-11-18(12-10-17)32(28,29)26-13-5-2-6-14-26/h3-4,7-12,15H,2,5-6,13-14,16H2,1H3,(H,24,27). The van der Waals surface area contributed by atoms with Crippen molar-refractivity contribution in [2.75, 3.05) is 20.2 Å². The minimum absolute atomic E-state index is 0.148. The van der Waals surface area contributed by atoms with Crippen LogP contribution in [0.1, 0.15) is 35.3 Å². The second-order valence-electron chi connectivity index (χ2n) is 7.57. The Labute approximate surface area is 187 Å². The fourth-order valence-electron chi connectivity index (χ4n) is 3.66. The molecule has 168 valence electrons. The number of aromatic nitrogens is 1. The third-order valence-electron chi connectivity index (χ3n) is 5.44. The summed E-state index contributed by atoms with van der Waals surface area (Å²) >= 11 is 0. The molecular formula is C23H25N3O5S. The zero-order valence-electron chi connectivity index (χ0n) is 17.8. The monoisotopic (exact) mass is 455 g/mol. The molecule has 1 N–H and O–H groups in total. The van der Waals surface area contributed by atoms with Crippen LogP contribution in [0.3, 0.4) is 0 Å². The Morgan fingerprint density at radius 1 is 1.09 bits per heavy atom. The normalized spacial score (nSPS) is 14.8. The number of methoxy groups -OCH3 is 1. The number of ether oxygens (including phenoxy) is 1. The van der Waals surface area contributed by atoms with Gasteiger partial charge in [-0.15, -0.1) is 0 Å². The summed E-state index contributed by atoms with van der Waals surface area (Å²) in [6.45, 7) is 1.36. The van der Waals surface area contributed by atoms with E-state index in [1.165, 1.54) is 4.31 Å². The molecule has 2 aromatic carbocycles. The van der Waals surface area contributed by atoms with E-state index in [4.69, 9.17) is 9.26 Å². The highest BCUT2D eigenvalue weighted by molar-refractivity contribution is 7.89. The Morgan fingerprint density at radius 2 is 1.81 bits per heavy atom. The van der Waals surface area contributed by atoms with Crippen molar-refractivity contribution in [2.45, 2.75) is 30.7 Å². The Kier molecular flexibility index (Phi) is 6.57. The van der Waals surface area contributed by atoms with Crippen molar-refractivity contribution in [3.05, 3.63) is 65.9 Å². The van der Waals surface area contributed by atoms with E-state index in [-0.39, 0.29) is 23.0 Å². The van der Waals surface area contributed by atoms with Crippen LogP contribution in [0, 0.1) is 0 Å². The minimum atomic E-state index is -3.47. The number of sulfonamides is 1. The van der Waals surface area contributed by atoms with E-state index >= 15 is 0 Å². The van der Waals surface area contributed by atoms with Crippen LogP contribution in [0.15, 0.2) is 64.0 Å². The first-order valence-corrected chi connectivity index (χ1v) is 11.9. The van der Waals surface area contributed by atoms with Crippen molar-refractivity contribution in [1.29, 1.82) is 0 Å². The summed E-state index contributed by atoms with van der Waals surface area (Å²) in [7, 11) is -1.91. The van der Waals surface area contributed by atoms with Crippen LogP contribution in [-0.2, 0) is 16.6 Å². The highest BCUT2D eigenvalue weighted by atomic mass is 32.2. The molecule has 0 spiro atoms. The molecule has 1 saturated heterocycles. The average Bonchev–Trinajstić information content (AvgIpc) is 3.33. The Morgan fingerprint density at radius 3 is 2.53 bits per heavy atom. The lowest BCUT2D eigenvalue weighted by Crippen LogP contribution is -2.35. The third-order valence-corrected chi connectivity index (χ3v) is 7.36. The first-order valence-electron chi connectivity index (χ1n) is 10.5. The molecule has 9 heteroatoms. The number of benzene rings is 2. The summed E-state index contributed by atoms with van der Waals surface area (Å²) in [5.41, 5.74) is 1.63. The number of nitrogens with zero attached hydrogens (tertiary/aromatic N) is 2. The van der Waals surface area contributed by atoms with Crippen molar-refractivity contribution in [1.82, 2.24) is 14.8 Å². The van der Waals surface area contributed by atoms with Gasteiger partial charge in [0.15, 0.2) is 11.5 Å². The number of hydrogen-bond acceptors (Lipinski definition) is 6. The lowest BCUT2D eigenvalue weighted by Gasteiger charge is -2.25. The van der Waals surface area contributed by atoms with E-state index in [9.17, 15) is 13.2 Å². The van der Waals surface area contributed by atoms with E-state index in [0.717, 1.165) is 24.8 Å². The maximum absolute atomic E-state index is 12.7. The van der Waals surface area contributed by atoms with Gasteiger partial charge in [-0.3, -0.25) is 4.79 Å². The van der Waals surface area contributed by atoms with Gasteiger partial charge in [0.25, 0.3) is 5.91 Å². The highest BCUT2D eigenvalue weighted by Crippen LogP contribution is 2.30. The molecule has 1 aromatic heterocycles. The molecule has 1 fully saturated rings. The minimum Gasteiger partial charge on any atom is -0.496 e. The van der Waals surface area contributed by atoms with Gasteiger partial charge in [-0.1, -0.05) is 35.8 Å². The molecule has 0 saturated carbocycles. The molecule has 1 aliphatic heterocycles. The van der Waals surface area contributed by atoms with Gasteiger partial charge < -0.3 is 14.6 Å². The molecule has 1 amide bonds. The molecule has 4 rings (SSSR count). The Hall–Kier alpha value is -3.17. The lowest BCUT2D eigenvalue weighted by atomic mass is 10.1. The molecule has 2 heterocycles. The molecular weight excluding hydrogens is 430 g/mol. The second kappa shape index (κ2) is 9.54. The van der Waals surface area contributed by atoms with Crippen LogP contribution in [0.4, 0.5) is 0 Å². The van der Waals surface area contributed by atoms with Crippen LogP contribution in [-0.4, -0.2) is 44.0 Å². The van der Waals surface area contributed by atoms with E-state index in [1.54, 1.807) is 43.5 Å². The maximum atomic E-state index is 12.7. The lowest BCUT2D eigenvalue weighted by molar-refractivity contribution is 0.0942. The molecule has 8 nitrogen and oxygen atoms in total. The van der Waals surface area contributed by atoms with Crippen molar-refractivity contribution in [3.63, 3.8) is 0 Å². The Balaban J connectivity index is 1.39. The van der Waals surface area contributed by atoms with Gasteiger partial charge in [-0.25, -0.2) is 8.42 Å². The number of piperidine rings is 1. The average molecular weight is 456 g/mol. The van der Waals surface area contributed by atoms with E-state index in [1.807, 2.05) is 18.2 Å². The first-order chi connectivity index (χ1) is 15.5. The van der Waals surface area contributed by atoms with Gasteiger partial charge in [0, 0.05) is 25.7 Å². The summed E-state index contributed by atoms with van der Waals surface area (Å²) < 4.78 is 37.7. The van der Waals surface area contributed by atoms with E-state index < -0.39 is 10.0 Å². The summed E-state index contributed by atoms with van der Waals surface area (Å²) in [5.74, 6) is 0.662. The molecule has 0 bridgehead atoms. The zero-order chi connectivity index (χ0) is 22.6. The number of rotatable bonds is 7. The van der Waals surface area contributed by atoms with Crippen LogP contribution in [0.25, 0.3) is 11.3 Å². The number of amides is 1. The number of carbonyl (C=O) groups is 1. The summed E-state index contributed by atoms with van der Waals surface area (Å²) in [5, 5.41) is 6.63. The number of hydrogen-bond donors (Lipinski definition) is 1. The molecule has 32 heavy (non-hydrogen) atoms. The van der Waals surface area contributed by atoms with Gasteiger partial charge in [0.1, 0.15) is 5.75 Å². The van der Waals surface area contributed by atoms with Gasteiger partial charge in [0.2, 0.25) is 10.0 Å². The van der Waals surface area contributed by atoms with E-state index in [2.05, 4.69) is 10.5 Å². The first kappa shape index (κ1) is 22.0. The topological polar surface area (TPSA) is 102 Å². The molecule has 0 unspecified atom stereocenters. The molecule has 0 atom stereocenters. The smallest absolute Gasteiger partial charge is 0.273 e. The summed E-state index contributed by atoms with van der Waals surface area (Å²) in [6.07, 6.45) is 2.85. The molecule has 0 aliphatic carbocycles. The van der Waals surface area contributed by atoms with Gasteiger partial charge in [-0.2, -0.15) is 4.31 Å². The predicted octanol–water partition coefficient (Wildman–Crippen LogP) is 3.45. The Bertz CT molecular complexity index is 1180. The summed E-state index contributed by atoms with van der Waals surface area (Å²) in [4.78, 5) is 12.8. The van der Waals surface area contributed by atoms with Crippen molar-refractivity contribution in [2.24, 2.45) is 0 Å². The van der Waals surface area contributed by atoms with Crippen molar-refractivity contribution in [3.8, 4) is 17.1 Å². The largest absolute Gasteiger partial charge is 0.496 e. The summed E-state index contributed by atoms with van der Waals surface area (Å²) in [6, 6.07) is 15.4. The van der Waals surface area contributed by atoms with Gasteiger partial charge >= 0.3 is 0 Å². The zero-order valence-corrected chi connectivity index (χ0v) is 18.6. The third kappa shape index (κ3) is 4.68. The second-order valence-corrected chi connectivity index (χ2v) is 9.51. The van der Waals surface area contributed by atoms with E-state index in [0.29, 0.717) is 30.2 Å². The SMILES string of the molecule is COc1ccccc1-c1cc(C(=O)NCc2ccc(S(=O)(=O)N3CCCCC3)cc2)no1. The van der Waals surface area contributed by atoms with Crippen LogP contribution < -0.4 is 10.1 Å². The number of para-hydroxylation sites is 1. The fraction of sp³-hybridized carbons (Fsp3) is 0.304.